The Balaban J connectivity index is 0.759. The first-order chi connectivity index (χ1) is 33.7. The zero-order valence-electron chi connectivity index (χ0n) is 41.7. The summed E-state index contributed by atoms with van der Waals surface area (Å²) in [5, 5.41) is 0. The van der Waals surface area contributed by atoms with Gasteiger partial charge in [-0.2, -0.15) is 0 Å². The molecule has 3 aliphatic carbocycles. The minimum Gasteiger partial charge on any atom is -0.310 e. The fourth-order valence-electron chi connectivity index (χ4n) is 13.4. The van der Waals surface area contributed by atoms with E-state index in [1.165, 1.54) is 112 Å². The van der Waals surface area contributed by atoms with Crippen molar-refractivity contribution in [3.63, 3.8) is 0 Å². The van der Waals surface area contributed by atoms with Gasteiger partial charge in [0.15, 0.2) is 0 Å². The number of rotatable bonds is 5. The summed E-state index contributed by atoms with van der Waals surface area (Å²) in [7, 11) is 0. The first-order valence-corrected chi connectivity index (χ1v) is 25.3. The number of hydrogen-bond acceptors (Lipinski definition) is 2. The molecule has 0 radical (unpaired) electrons. The molecule has 0 saturated carbocycles. The first kappa shape index (κ1) is 42.7. The lowest BCUT2D eigenvalue weighted by Gasteiger charge is -2.43. The van der Waals surface area contributed by atoms with Crippen LogP contribution in [0.15, 0.2) is 200 Å². The van der Waals surface area contributed by atoms with Gasteiger partial charge in [-0.05, 0) is 138 Å². The van der Waals surface area contributed by atoms with Gasteiger partial charge in [0.25, 0.3) is 0 Å². The lowest BCUT2D eigenvalue weighted by Crippen LogP contribution is -2.34. The molecule has 13 rings (SSSR count). The molecule has 0 bridgehead atoms. The fraction of sp³-hybridized carbons (Fsp3) is 0.206. The van der Waals surface area contributed by atoms with Gasteiger partial charge in [-0.15, -0.1) is 0 Å². The van der Waals surface area contributed by atoms with Gasteiger partial charge in [0, 0.05) is 33.5 Å². The molecule has 8 aromatic carbocycles. The van der Waals surface area contributed by atoms with Crippen molar-refractivity contribution in [2.45, 2.75) is 83.0 Å². The smallest absolute Gasteiger partial charge is 0.0502 e. The van der Waals surface area contributed by atoms with Crippen LogP contribution in [0.25, 0.3) is 34.4 Å². The van der Waals surface area contributed by atoms with Gasteiger partial charge < -0.3 is 9.80 Å². The summed E-state index contributed by atoms with van der Waals surface area (Å²) in [5.41, 5.74) is 25.9. The summed E-state index contributed by atoms with van der Waals surface area (Å²) >= 11 is 0. The largest absolute Gasteiger partial charge is 0.310 e. The van der Waals surface area contributed by atoms with Crippen molar-refractivity contribution >= 4 is 40.6 Å². The molecule has 5 aliphatic rings. The van der Waals surface area contributed by atoms with Gasteiger partial charge in [0.2, 0.25) is 0 Å². The van der Waals surface area contributed by atoms with Gasteiger partial charge in [0.05, 0.1) is 22.7 Å². The van der Waals surface area contributed by atoms with Crippen molar-refractivity contribution in [1.29, 1.82) is 0 Å². The van der Waals surface area contributed by atoms with Gasteiger partial charge in [-0.3, -0.25) is 0 Å². The number of fused-ring (bicyclic) bond motifs is 10. The number of anilines is 5. The third-order valence-corrected chi connectivity index (χ3v) is 17.3. The number of para-hydroxylation sites is 4. The van der Waals surface area contributed by atoms with Crippen molar-refractivity contribution in [3.8, 4) is 22.3 Å². The third kappa shape index (κ3) is 6.11. The van der Waals surface area contributed by atoms with Crippen LogP contribution in [0, 0.1) is 5.92 Å². The molecule has 2 heterocycles. The highest BCUT2D eigenvalue weighted by Crippen LogP contribution is 2.57. The van der Waals surface area contributed by atoms with Crippen molar-refractivity contribution in [2.75, 3.05) is 9.80 Å². The molecule has 70 heavy (non-hydrogen) atoms. The van der Waals surface area contributed by atoms with E-state index in [1.807, 2.05) is 0 Å². The molecule has 2 heteroatoms. The number of hydrogen-bond donors (Lipinski definition) is 0. The summed E-state index contributed by atoms with van der Waals surface area (Å²) < 4.78 is 0. The van der Waals surface area contributed by atoms with E-state index in [2.05, 4.69) is 271 Å². The van der Waals surface area contributed by atoms with Gasteiger partial charge >= 0.3 is 0 Å². The molecule has 0 N–H and O–H groups in total. The van der Waals surface area contributed by atoms with Crippen LogP contribution in [0.1, 0.15) is 117 Å². The van der Waals surface area contributed by atoms with Crippen molar-refractivity contribution in [3.05, 3.63) is 255 Å². The highest BCUT2D eigenvalue weighted by atomic mass is 15.2. The van der Waals surface area contributed by atoms with Crippen molar-refractivity contribution in [2.24, 2.45) is 5.92 Å². The Morgan fingerprint density at radius 1 is 0.400 bits per heavy atom. The van der Waals surface area contributed by atoms with Gasteiger partial charge in [-0.1, -0.05) is 213 Å². The molecule has 2 nitrogen and oxygen atoms in total. The van der Waals surface area contributed by atoms with E-state index < -0.39 is 0 Å². The van der Waals surface area contributed by atoms with Crippen LogP contribution in [0.2, 0.25) is 0 Å². The molecule has 2 unspecified atom stereocenters. The molecular weight excluding hydrogens is 845 g/mol. The molecule has 0 amide bonds. The highest BCUT2D eigenvalue weighted by Gasteiger charge is 2.47. The summed E-state index contributed by atoms with van der Waals surface area (Å²) in [4.78, 5) is 4.95. The quantitative estimate of drug-likeness (QED) is 0.159. The van der Waals surface area contributed by atoms with Crippen LogP contribution in [0.3, 0.4) is 0 Å². The Morgan fingerprint density at radius 3 is 1.40 bits per heavy atom. The fourth-order valence-corrected chi connectivity index (χ4v) is 13.4. The third-order valence-electron chi connectivity index (χ3n) is 17.3. The van der Waals surface area contributed by atoms with Crippen LogP contribution in [0.5, 0.6) is 0 Å². The maximum atomic E-state index is 2.57. The van der Waals surface area contributed by atoms with Crippen molar-refractivity contribution < 1.29 is 0 Å². The molecule has 0 saturated heterocycles. The zero-order chi connectivity index (χ0) is 47.9. The number of nitrogens with zero attached hydrogens (tertiary/aromatic N) is 2. The monoisotopic (exact) mass is 904 g/mol. The maximum Gasteiger partial charge on any atom is 0.0502 e. The topological polar surface area (TPSA) is 6.48 Å². The van der Waals surface area contributed by atoms with E-state index in [-0.39, 0.29) is 21.7 Å². The molecule has 8 aromatic rings. The van der Waals surface area contributed by atoms with Crippen LogP contribution in [-0.4, -0.2) is 0 Å². The van der Waals surface area contributed by atoms with Crippen molar-refractivity contribution in [1.82, 2.24) is 0 Å². The lowest BCUT2D eigenvalue weighted by molar-refractivity contribution is 0.392. The maximum absolute atomic E-state index is 2.57. The summed E-state index contributed by atoms with van der Waals surface area (Å²) in [6.45, 7) is 19.1. The van der Waals surface area contributed by atoms with E-state index in [0.717, 1.165) is 0 Å². The van der Waals surface area contributed by atoms with E-state index in [0.29, 0.717) is 11.8 Å². The standard InChI is InChI=1S/C68H60N2/c1-65(2)53-17-9-13-21-61(53)69(62-22-14-10-18-54(62)65)47-32-29-45(30-33-47)46-31-37-51-49-35-27-43(39-57(49)67(5,6)59(51)41-46)25-26-44-28-36-50-52-38-34-48(42-60(52)68(7,8)58(50)40-44)70-63-23-15-11-19-55(63)66(3,4)56-20-12-16-24-64(56)70/h9-42,52,60H,1-8H3/b26-25+. The summed E-state index contributed by atoms with van der Waals surface area (Å²) in [5.74, 6) is 0.697. The second-order valence-electron chi connectivity index (χ2n) is 22.6. The molecule has 0 fully saturated rings. The summed E-state index contributed by atoms with van der Waals surface area (Å²) in [6.07, 6.45) is 12.1. The highest BCUT2D eigenvalue weighted by molar-refractivity contribution is 5.89. The first-order valence-electron chi connectivity index (χ1n) is 25.3. The van der Waals surface area contributed by atoms with E-state index in [4.69, 9.17) is 0 Å². The molecule has 2 atom stereocenters. The molecular formula is C68H60N2. The second-order valence-corrected chi connectivity index (χ2v) is 22.6. The Kier molecular flexibility index (Phi) is 9.17. The van der Waals surface area contributed by atoms with E-state index >= 15 is 0 Å². The van der Waals surface area contributed by atoms with E-state index in [1.54, 1.807) is 0 Å². The molecule has 0 aromatic heterocycles. The predicted octanol–water partition coefficient (Wildman–Crippen LogP) is 17.9. The average Bonchev–Trinajstić information content (AvgIpc) is 3.74. The van der Waals surface area contributed by atoms with Gasteiger partial charge in [0.1, 0.15) is 0 Å². The lowest BCUT2D eigenvalue weighted by atomic mass is 9.72. The second kappa shape index (κ2) is 15.0. The normalized spacial score (nSPS) is 19.8. The minimum absolute atomic E-state index is 0.0402. The predicted molar refractivity (Wildman–Crippen MR) is 295 cm³/mol. The SMILES string of the molecule is CC1(C)c2cc(/C=C/c3ccc4c(c3)C(C)(C)C3C=C(N5c6ccccc6C(C)(C)c6ccccc65)C=CC43)ccc2-c2ccc(-c3ccc(N4c5ccccc5C(C)(C)c5ccccc54)cc3)cc21. The molecule has 0 spiro atoms. The Morgan fingerprint density at radius 2 is 0.843 bits per heavy atom. The summed E-state index contributed by atoms with van der Waals surface area (Å²) in [6, 6.07) is 66.3. The number of allylic oxidation sites excluding steroid dienone is 3. The Bertz CT molecular complexity index is 3470. The van der Waals surface area contributed by atoms with Crippen LogP contribution < -0.4 is 9.80 Å². The average molecular weight is 905 g/mol. The van der Waals surface area contributed by atoms with Crippen LogP contribution >= 0.6 is 0 Å². The van der Waals surface area contributed by atoms with Gasteiger partial charge in [-0.25, -0.2) is 0 Å². The minimum atomic E-state index is -0.138. The Hall–Kier alpha value is -7.42. The number of benzene rings is 8. The zero-order valence-corrected chi connectivity index (χ0v) is 41.7. The van der Waals surface area contributed by atoms with Crippen LogP contribution in [0.4, 0.5) is 28.4 Å². The molecule has 2 aliphatic heterocycles. The molecule has 342 valence electrons. The van der Waals surface area contributed by atoms with Crippen LogP contribution in [-0.2, 0) is 21.7 Å². The Labute approximate surface area is 415 Å². The van der Waals surface area contributed by atoms with E-state index in [9.17, 15) is 0 Å².